The molecule has 1 aromatic carbocycles. The van der Waals surface area contributed by atoms with Crippen LogP contribution in [0, 0.1) is 11.7 Å². The Morgan fingerprint density at radius 3 is 3.23 bits per heavy atom. The van der Waals surface area contributed by atoms with Crippen LogP contribution in [0.2, 0.25) is 0 Å². The van der Waals surface area contributed by atoms with Gasteiger partial charge < -0.3 is 19.5 Å². The molecule has 1 unspecified atom stereocenters. The zero-order valence-corrected chi connectivity index (χ0v) is 12.7. The van der Waals surface area contributed by atoms with Crippen molar-refractivity contribution in [3.8, 4) is 5.75 Å². The molecular formula is C15H20BFN2O3. The third kappa shape index (κ3) is 3.42. The van der Waals surface area contributed by atoms with Crippen molar-refractivity contribution in [2.24, 2.45) is 5.92 Å². The average molecular weight is 306 g/mol. The van der Waals surface area contributed by atoms with Crippen molar-refractivity contribution in [3.63, 3.8) is 0 Å². The first-order valence-corrected chi connectivity index (χ1v) is 7.62. The van der Waals surface area contributed by atoms with E-state index in [9.17, 15) is 9.18 Å². The molecule has 0 aromatic heterocycles. The largest absolute Gasteiger partial charge is 0.478 e. The van der Waals surface area contributed by atoms with Gasteiger partial charge in [0.25, 0.3) is 5.91 Å². The first-order chi connectivity index (χ1) is 10.7. The number of ether oxygens (including phenoxy) is 1. The summed E-state index contributed by atoms with van der Waals surface area (Å²) in [6.07, 6.45) is 3.04. The highest BCUT2D eigenvalue weighted by Gasteiger charge is 2.24. The number of benzene rings is 1. The summed E-state index contributed by atoms with van der Waals surface area (Å²) in [7, 11) is 2.34. The topological polar surface area (TPSA) is 50.8 Å². The van der Waals surface area contributed by atoms with Crippen LogP contribution in [-0.4, -0.2) is 45.1 Å². The maximum Gasteiger partial charge on any atom is 0.363 e. The van der Waals surface area contributed by atoms with E-state index in [1.807, 2.05) is 6.07 Å². The van der Waals surface area contributed by atoms with Gasteiger partial charge in [-0.3, -0.25) is 4.79 Å². The predicted octanol–water partition coefficient (Wildman–Crippen LogP) is 1.32. The molecule has 118 valence electrons. The SMILES string of the molecule is COBN1CCCC(Cc2cc(F)c3c(c2)NC(=O)CO3)C1. The minimum Gasteiger partial charge on any atom is -0.478 e. The molecule has 2 heterocycles. The Morgan fingerprint density at radius 2 is 2.41 bits per heavy atom. The first-order valence-electron chi connectivity index (χ1n) is 7.62. The number of nitrogens with zero attached hydrogens (tertiary/aromatic N) is 1. The van der Waals surface area contributed by atoms with Crippen molar-refractivity contribution in [2.75, 3.05) is 32.1 Å². The Morgan fingerprint density at radius 1 is 1.55 bits per heavy atom. The van der Waals surface area contributed by atoms with Gasteiger partial charge in [0.15, 0.2) is 18.2 Å². The molecule has 0 saturated carbocycles. The number of nitrogens with one attached hydrogen (secondary N) is 1. The molecular weight excluding hydrogens is 286 g/mol. The summed E-state index contributed by atoms with van der Waals surface area (Å²) in [6.45, 7) is 1.88. The monoisotopic (exact) mass is 306 g/mol. The molecule has 1 fully saturated rings. The van der Waals surface area contributed by atoms with Crippen LogP contribution in [-0.2, 0) is 15.9 Å². The second-order valence-electron chi connectivity index (χ2n) is 6.00. The molecule has 0 radical (unpaired) electrons. The Bertz CT molecular complexity index is 568. The maximum absolute atomic E-state index is 14.1. The lowest BCUT2D eigenvalue weighted by molar-refractivity contribution is -0.118. The van der Waals surface area contributed by atoms with Crippen LogP contribution in [0.5, 0.6) is 5.75 Å². The number of amides is 1. The molecule has 7 heteroatoms. The van der Waals surface area contributed by atoms with Gasteiger partial charge in [-0.2, -0.15) is 0 Å². The average Bonchev–Trinajstić information content (AvgIpc) is 2.47. The van der Waals surface area contributed by atoms with Crippen LogP contribution < -0.4 is 10.1 Å². The molecule has 1 amide bonds. The summed E-state index contributed by atoms with van der Waals surface area (Å²) in [5.74, 6) is -0.0281. The summed E-state index contributed by atoms with van der Waals surface area (Å²) in [5, 5.41) is 2.67. The van der Waals surface area contributed by atoms with E-state index in [0.29, 0.717) is 19.2 Å². The molecule has 5 nitrogen and oxygen atoms in total. The van der Waals surface area contributed by atoms with Crippen LogP contribution >= 0.6 is 0 Å². The number of piperidine rings is 1. The highest BCUT2D eigenvalue weighted by Crippen LogP contribution is 2.33. The number of hydrogen-bond donors (Lipinski definition) is 1. The second kappa shape index (κ2) is 6.66. The number of anilines is 1. The Hall–Kier alpha value is -1.60. The lowest BCUT2D eigenvalue weighted by atomic mass is 9.89. The number of carbonyl (C=O) groups excluding carboxylic acids is 1. The van der Waals surface area contributed by atoms with Crippen molar-refractivity contribution in [3.05, 3.63) is 23.5 Å². The van der Waals surface area contributed by atoms with Gasteiger partial charge in [0, 0.05) is 7.11 Å². The Balaban J connectivity index is 1.71. The number of hydrogen-bond acceptors (Lipinski definition) is 4. The third-order valence-corrected chi connectivity index (χ3v) is 4.16. The van der Waals surface area contributed by atoms with Crippen LogP contribution in [0.1, 0.15) is 18.4 Å². The fourth-order valence-electron chi connectivity index (χ4n) is 3.28. The number of carbonyl (C=O) groups is 1. The van der Waals surface area contributed by atoms with Crippen molar-refractivity contribution < 1.29 is 18.6 Å². The van der Waals surface area contributed by atoms with Gasteiger partial charge in [-0.25, -0.2) is 4.39 Å². The molecule has 3 rings (SSSR count). The predicted molar refractivity (Wildman–Crippen MR) is 82.7 cm³/mol. The van der Waals surface area contributed by atoms with E-state index in [1.54, 1.807) is 7.11 Å². The zero-order valence-electron chi connectivity index (χ0n) is 12.7. The summed E-state index contributed by atoms with van der Waals surface area (Å²) in [4.78, 5) is 13.6. The summed E-state index contributed by atoms with van der Waals surface area (Å²) in [6, 6.07) is 3.34. The molecule has 22 heavy (non-hydrogen) atoms. The molecule has 1 atom stereocenters. The van der Waals surface area contributed by atoms with Gasteiger partial charge in [-0.05, 0) is 56.0 Å². The van der Waals surface area contributed by atoms with Gasteiger partial charge in [0.1, 0.15) is 0 Å². The number of rotatable bonds is 4. The highest BCUT2D eigenvalue weighted by atomic mass is 19.1. The maximum atomic E-state index is 14.1. The normalized spacial score (nSPS) is 21.7. The van der Waals surface area contributed by atoms with E-state index in [0.717, 1.165) is 37.9 Å². The van der Waals surface area contributed by atoms with E-state index in [1.165, 1.54) is 6.07 Å². The van der Waals surface area contributed by atoms with Crippen LogP contribution in [0.4, 0.5) is 10.1 Å². The van der Waals surface area contributed by atoms with Crippen LogP contribution in [0.25, 0.3) is 0 Å². The fourth-order valence-corrected chi connectivity index (χ4v) is 3.28. The quantitative estimate of drug-likeness (QED) is 0.853. The van der Waals surface area contributed by atoms with Crippen LogP contribution in [0.3, 0.4) is 0 Å². The van der Waals surface area contributed by atoms with Crippen molar-refractivity contribution in [1.82, 2.24) is 4.81 Å². The minimum absolute atomic E-state index is 0.127. The summed E-state index contributed by atoms with van der Waals surface area (Å²) < 4.78 is 24.4. The number of fused-ring (bicyclic) bond motifs is 1. The van der Waals surface area contributed by atoms with Crippen LogP contribution in [0.15, 0.2) is 12.1 Å². The molecule has 0 bridgehead atoms. The molecule has 2 aliphatic heterocycles. The van der Waals surface area contributed by atoms with Gasteiger partial charge in [-0.1, -0.05) is 0 Å². The zero-order chi connectivity index (χ0) is 15.5. The van der Waals surface area contributed by atoms with E-state index in [2.05, 4.69) is 10.1 Å². The first kappa shape index (κ1) is 15.3. The number of halogens is 1. The fraction of sp³-hybridized carbons (Fsp3) is 0.533. The minimum atomic E-state index is -0.406. The van der Waals surface area contributed by atoms with Gasteiger partial charge in [-0.15, -0.1) is 0 Å². The Kier molecular flexibility index (Phi) is 4.64. The van der Waals surface area contributed by atoms with Gasteiger partial charge in [0.2, 0.25) is 0 Å². The van der Waals surface area contributed by atoms with E-state index >= 15 is 0 Å². The Labute approximate surface area is 130 Å². The summed E-state index contributed by atoms with van der Waals surface area (Å²) in [5.41, 5.74) is 1.34. The van der Waals surface area contributed by atoms with Crippen molar-refractivity contribution >= 4 is 19.2 Å². The third-order valence-electron chi connectivity index (χ3n) is 4.16. The van der Waals surface area contributed by atoms with Crippen molar-refractivity contribution in [2.45, 2.75) is 19.3 Å². The molecule has 0 spiro atoms. The van der Waals surface area contributed by atoms with Crippen molar-refractivity contribution in [1.29, 1.82) is 0 Å². The molecule has 0 aliphatic carbocycles. The van der Waals surface area contributed by atoms with E-state index in [-0.39, 0.29) is 18.3 Å². The second-order valence-corrected chi connectivity index (χ2v) is 6.00. The molecule has 1 N–H and O–H groups in total. The lowest BCUT2D eigenvalue weighted by Gasteiger charge is -2.32. The van der Waals surface area contributed by atoms with E-state index < -0.39 is 5.82 Å². The van der Waals surface area contributed by atoms with Gasteiger partial charge in [0.05, 0.1) is 5.69 Å². The molecule has 1 aromatic rings. The highest BCUT2D eigenvalue weighted by molar-refractivity contribution is 6.23. The molecule has 1 saturated heterocycles. The van der Waals surface area contributed by atoms with Gasteiger partial charge >= 0.3 is 7.62 Å². The van der Waals surface area contributed by atoms with E-state index in [4.69, 9.17) is 9.39 Å². The molecule has 2 aliphatic rings. The standard InChI is InChI=1S/C15H20BFN2O3/c1-21-16-19-4-2-3-10(8-19)5-11-6-12(17)15-13(7-11)18-14(20)9-22-15/h6-7,10,16H,2-5,8-9H2,1H3,(H,18,20). The smallest absolute Gasteiger partial charge is 0.363 e. The lowest BCUT2D eigenvalue weighted by Crippen LogP contribution is -2.39. The summed E-state index contributed by atoms with van der Waals surface area (Å²) >= 11 is 0.